The third kappa shape index (κ3) is 3.94. The Morgan fingerprint density at radius 3 is 2.24 bits per heavy atom. The highest BCUT2D eigenvalue weighted by Gasteiger charge is 2.66. The van der Waals surface area contributed by atoms with Gasteiger partial charge in [0.2, 0.25) is 11.8 Å². The fourth-order valence-electron chi connectivity index (χ4n) is 6.17. The van der Waals surface area contributed by atoms with Gasteiger partial charge < -0.3 is 4.74 Å². The van der Waals surface area contributed by atoms with E-state index >= 15 is 0 Å². The molecule has 6 nitrogen and oxygen atoms in total. The average Bonchev–Trinajstić information content (AvgIpc) is 3.59. The molecule has 1 aromatic rings. The van der Waals surface area contributed by atoms with Crippen molar-refractivity contribution in [2.45, 2.75) is 46.0 Å². The molecule has 1 saturated heterocycles. The van der Waals surface area contributed by atoms with E-state index in [1.165, 1.54) is 11.3 Å². The number of amides is 2. The molecule has 0 spiro atoms. The number of likely N-dealkylation sites (tertiary alicyclic amines) is 1. The zero-order valence-corrected chi connectivity index (χ0v) is 19.3. The third-order valence-corrected chi connectivity index (χ3v) is 8.21. The molecule has 1 heterocycles. The minimum atomic E-state index is -0.395. The Morgan fingerprint density at radius 1 is 0.939 bits per heavy atom. The zero-order chi connectivity index (χ0) is 23.3. The van der Waals surface area contributed by atoms with Gasteiger partial charge in [0.25, 0.3) is 0 Å². The van der Waals surface area contributed by atoms with E-state index < -0.39 is 5.97 Å². The van der Waals surface area contributed by atoms with Crippen LogP contribution in [-0.2, 0) is 19.1 Å². The van der Waals surface area contributed by atoms with Crippen molar-refractivity contribution in [3.8, 4) is 0 Å². The first-order valence-corrected chi connectivity index (χ1v) is 12.2. The van der Waals surface area contributed by atoms with Crippen LogP contribution >= 0.6 is 0 Å². The van der Waals surface area contributed by atoms with Gasteiger partial charge in [-0.3, -0.25) is 24.1 Å². The first-order chi connectivity index (χ1) is 15.9. The fourth-order valence-corrected chi connectivity index (χ4v) is 6.17. The number of imide groups is 1. The van der Waals surface area contributed by atoms with E-state index in [1.54, 1.807) is 6.07 Å². The van der Waals surface area contributed by atoms with Crippen molar-refractivity contribution in [3.63, 3.8) is 0 Å². The van der Waals surface area contributed by atoms with E-state index in [9.17, 15) is 19.2 Å². The van der Waals surface area contributed by atoms with Crippen LogP contribution in [-0.4, -0.2) is 41.6 Å². The average molecular weight is 450 g/mol. The van der Waals surface area contributed by atoms with Crippen LogP contribution in [0.1, 0.15) is 53.6 Å². The summed E-state index contributed by atoms with van der Waals surface area (Å²) >= 11 is 0. The molecule has 6 heteroatoms. The monoisotopic (exact) mass is 449 g/mol. The van der Waals surface area contributed by atoms with E-state index in [0.29, 0.717) is 36.8 Å². The lowest BCUT2D eigenvalue weighted by molar-refractivity contribution is -0.143. The number of allylic oxidation sites excluding steroid dienone is 2. The van der Waals surface area contributed by atoms with Gasteiger partial charge in [-0.2, -0.15) is 0 Å². The number of ketones is 1. The predicted octanol–water partition coefficient (Wildman–Crippen LogP) is 3.64. The van der Waals surface area contributed by atoms with E-state index in [4.69, 9.17) is 4.74 Å². The number of rotatable bonds is 9. The summed E-state index contributed by atoms with van der Waals surface area (Å²) in [4.78, 5) is 51.6. The molecule has 5 aliphatic rings. The normalized spacial score (nSPS) is 30.9. The number of unbranched alkanes of at least 4 members (excludes halogenated alkanes) is 2. The van der Waals surface area contributed by atoms with Gasteiger partial charge in [-0.25, -0.2) is 0 Å². The lowest BCUT2D eigenvalue weighted by Gasteiger charge is -2.37. The SMILES string of the molecule is Cc1ccc(C(=O)COC(=O)CCCCCN2C(=O)[C@@H]3[C@H]4C=C[C@@H]([C@@H]5C[C@@H]45)[C@@H]3C2=O)cc1C. The van der Waals surface area contributed by atoms with Crippen molar-refractivity contribution in [2.75, 3.05) is 13.2 Å². The van der Waals surface area contributed by atoms with Crippen molar-refractivity contribution in [1.29, 1.82) is 0 Å². The molecule has 4 aliphatic carbocycles. The Morgan fingerprint density at radius 2 is 1.61 bits per heavy atom. The molecule has 6 atom stereocenters. The number of carbonyl (C=O) groups is 4. The van der Waals surface area contributed by atoms with Crippen LogP contribution < -0.4 is 0 Å². The highest BCUT2D eigenvalue weighted by Crippen LogP contribution is 2.65. The lowest BCUT2D eigenvalue weighted by Crippen LogP contribution is -2.40. The van der Waals surface area contributed by atoms with Gasteiger partial charge in [0.05, 0.1) is 11.8 Å². The molecule has 0 N–H and O–H groups in total. The van der Waals surface area contributed by atoms with Crippen LogP contribution in [0.25, 0.3) is 0 Å². The van der Waals surface area contributed by atoms with Crippen molar-refractivity contribution >= 4 is 23.6 Å². The van der Waals surface area contributed by atoms with Crippen molar-refractivity contribution < 1.29 is 23.9 Å². The van der Waals surface area contributed by atoms with Gasteiger partial charge >= 0.3 is 5.97 Å². The summed E-state index contributed by atoms with van der Waals surface area (Å²) in [5.41, 5.74) is 2.69. The lowest BCUT2D eigenvalue weighted by atomic mass is 9.63. The number of nitrogens with zero attached hydrogens (tertiary/aromatic N) is 1. The molecule has 3 fully saturated rings. The largest absolute Gasteiger partial charge is 0.457 e. The maximum Gasteiger partial charge on any atom is 0.306 e. The number of esters is 1. The summed E-state index contributed by atoms with van der Waals surface area (Å²) in [6.07, 6.45) is 7.78. The minimum Gasteiger partial charge on any atom is -0.457 e. The summed E-state index contributed by atoms with van der Waals surface area (Å²) in [6, 6.07) is 5.45. The number of Topliss-reactive ketones (excluding diaryl/α,β-unsaturated/α-hetero) is 1. The van der Waals surface area contributed by atoms with Gasteiger partial charge in [-0.15, -0.1) is 0 Å². The molecule has 0 radical (unpaired) electrons. The second-order valence-corrected chi connectivity index (χ2v) is 10.2. The molecule has 1 aromatic carbocycles. The maximum absolute atomic E-state index is 12.9. The molecule has 0 aromatic heterocycles. The Labute approximate surface area is 194 Å². The Kier molecular flexibility index (Phi) is 5.71. The second kappa shape index (κ2) is 8.54. The van der Waals surface area contributed by atoms with Crippen LogP contribution in [0.2, 0.25) is 0 Å². The number of ether oxygens (including phenoxy) is 1. The van der Waals surface area contributed by atoms with E-state index in [1.807, 2.05) is 26.0 Å². The Hall–Kier alpha value is -2.76. The van der Waals surface area contributed by atoms with Gasteiger partial charge in [0, 0.05) is 18.5 Å². The number of hydrogen-bond donors (Lipinski definition) is 0. The maximum atomic E-state index is 12.9. The van der Waals surface area contributed by atoms with Crippen LogP contribution in [0.4, 0.5) is 0 Å². The number of carbonyl (C=O) groups excluding carboxylic acids is 4. The minimum absolute atomic E-state index is 0.0129. The zero-order valence-electron chi connectivity index (χ0n) is 19.3. The topological polar surface area (TPSA) is 80.8 Å². The van der Waals surface area contributed by atoms with Gasteiger partial charge in [0.1, 0.15) is 0 Å². The summed E-state index contributed by atoms with van der Waals surface area (Å²) in [7, 11) is 0. The van der Waals surface area contributed by atoms with Gasteiger partial charge in [-0.05, 0) is 74.0 Å². The summed E-state index contributed by atoms with van der Waals surface area (Å²) in [5.74, 6) is 0.894. The van der Waals surface area contributed by atoms with Crippen LogP contribution in [0.3, 0.4) is 0 Å². The first kappa shape index (κ1) is 22.1. The van der Waals surface area contributed by atoms with E-state index in [-0.39, 0.29) is 54.3 Å². The van der Waals surface area contributed by atoms with E-state index in [2.05, 4.69) is 12.2 Å². The molecule has 33 heavy (non-hydrogen) atoms. The highest BCUT2D eigenvalue weighted by atomic mass is 16.5. The Bertz CT molecular complexity index is 1010. The molecule has 0 unspecified atom stereocenters. The fraction of sp³-hybridized carbons (Fsp3) is 0.556. The highest BCUT2D eigenvalue weighted by molar-refractivity contribution is 6.06. The third-order valence-electron chi connectivity index (χ3n) is 8.21. The summed E-state index contributed by atoms with van der Waals surface area (Å²) < 4.78 is 5.14. The molecule has 2 saturated carbocycles. The standard InChI is InChI=1S/C27H31NO5/c1-15-7-8-17(12-16(15)2)22(29)14-33-23(30)6-4-3-5-11-28-26(31)24-18-9-10-19(21-13-20(18)21)25(24)27(28)32/h7-10,12,18-21,24-25H,3-6,11,13-14H2,1-2H3/t18-,19-,20-,21-,24-,25+/m0/s1. The Balaban J connectivity index is 1.02. The molecular weight excluding hydrogens is 418 g/mol. The van der Waals surface area contributed by atoms with Crippen LogP contribution in [0.15, 0.2) is 30.4 Å². The molecule has 174 valence electrons. The van der Waals surface area contributed by atoms with Crippen LogP contribution in [0, 0.1) is 49.4 Å². The summed E-state index contributed by atoms with van der Waals surface area (Å²) in [5, 5.41) is 0. The number of aryl methyl sites for hydroxylation is 2. The molecule has 6 rings (SSSR count). The first-order valence-electron chi connectivity index (χ1n) is 12.2. The summed E-state index contributed by atoms with van der Waals surface area (Å²) in [6.45, 7) is 4.10. The van der Waals surface area contributed by atoms with Crippen molar-refractivity contribution in [3.05, 3.63) is 47.0 Å². The number of benzene rings is 1. The molecule has 1 aliphatic heterocycles. The number of hydrogen-bond acceptors (Lipinski definition) is 5. The van der Waals surface area contributed by atoms with E-state index in [0.717, 1.165) is 17.5 Å². The van der Waals surface area contributed by atoms with Crippen molar-refractivity contribution in [1.82, 2.24) is 4.90 Å². The molecule has 2 bridgehead atoms. The quantitative estimate of drug-likeness (QED) is 0.189. The predicted molar refractivity (Wildman–Crippen MR) is 121 cm³/mol. The van der Waals surface area contributed by atoms with Crippen LogP contribution in [0.5, 0.6) is 0 Å². The second-order valence-electron chi connectivity index (χ2n) is 10.2. The van der Waals surface area contributed by atoms with Gasteiger partial charge in [0.15, 0.2) is 12.4 Å². The molecular formula is C27H31NO5. The molecule has 2 amide bonds. The van der Waals surface area contributed by atoms with Gasteiger partial charge in [-0.1, -0.05) is 30.7 Å². The van der Waals surface area contributed by atoms with Crippen molar-refractivity contribution in [2.24, 2.45) is 35.5 Å². The smallest absolute Gasteiger partial charge is 0.306 e.